The Bertz CT molecular complexity index is 1250. The molecule has 0 aliphatic carbocycles. The van der Waals surface area contributed by atoms with Crippen molar-refractivity contribution in [2.75, 3.05) is 31.1 Å². The third-order valence-electron chi connectivity index (χ3n) is 5.82. The smallest absolute Gasteiger partial charge is 0.272 e. The molecule has 0 amide bonds. The van der Waals surface area contributed by atoms with Gasteiger partial charge in [0.1, 0.15) is 5.82 Å². The summed E-state index contributed by atoms with van der Waals surface area (Å²) in [5.41, 5.74) is 3.53. The Morgan fingerprint density at radius 2 is 1.88 bits per heavy atom. The minimum absolute atomic E-state index is 0.173. The Balaban J connectivity index is 1.24. The van der Waals surface area contributed by atoms with Crippen LogP contribution in [-0.2, 0) is 6.54 Å². The summed E-state index contributed by atoms with van der Waals surface area (Å²) in [7, 11) is 0. The molecule has 0 saturated carbocycles. The van der Waals surface area contributed by atoms with Gasteiger partial charge < -0.3 is 4.90 Å². The van der Waals surface area contributed by atoms with Gasteiger partial charge in [-0.15, -0.1) is 5.10 Å². The molecule has 4 aromatic rings. The molecule has 0 radical (unpaired) electrons. The van der Waals surface area contributed by atoms with Crippen molar-refractivity contribution < 1.29 is 9.31 Å². The first-order chi connectivity index (χ1) is 15.5. The molecule has 1 aliphatic rings. The summed E-state index contributed by atoms with van der Waals surface area (Å²) in [6, 6.07) is 11.5. The lowest BCUT2D eigenvalue weighted by Crippen LogP contribution is -2.46. The van der Waals surface area contributed by atoms with Gasteiger partial charge in [-0.05, 0) is 36.8 Å². The first-order valence-electron chi connectivity index (χ1n) is 10.3. The summed E-state index contributed by atoms with van der Waals surface area (Å²) in [6.45, 7) is 5.87. The molecule has 32 heavy (non-hydrogen) atoms. The van der Waals surface area contributed by atoms with Crippen molar-refractivity contribution >= 4 is 27.1 Å². The van der Waals surface area contributed by atoms with Crippen LogP contribution in [0.3, 0.4) is 0 Å². The summed E-state index contributed by atoms with van der Waals surface area (Å²) < 4.78 is 14.9. The first-order valence-corrected chi connectivity index (χ1v) is 11.1. The molecule has 0 unspecified atom stereocenters. The SMILES string of the molecule is Cc1c(CN2CCN(c3nn4cc(-c5ccc(F)cc5)nc4s3)CC2)cccc1[N+](=O)[O-]. The van der Waals surface area contributed by atoms with Crippen LogP contribution in [-0.4, -0.2) is 50.6 Å². The maximum atomic E-state index is 13.2. The number of rotatable bonds is 5. The molecule has 0 atom stereocenters. The molecule has 2 aromatic heterocycles. The molecule has 10 heteroatoms. The van der Waals surface area contributed by atoms with Crippen LogP contribution in [0.15, 0.2) is 48.7 Å². The third-order valence-corrected chi connectivity index (χ3v) is 6.81. The van der Waals surface area contributed by atoms with Crippen molar-refractivity contribution in [2.24, 2.45) is 0 Å². The van der Waals surface area contributed by atoms with E-state index in [0.717, 1.165) is 58.7 Å². The molecular weight excluding hydrogens is 431 g/mol. The van der Waals surface area contributed by atoms with E-state index < -0.39 is 0 Å². The molecule has 0 bridgehead atoms. The highest BCUT2D eigenvalue weighted by atomic mass is 32.1. The standard InChI is InChI=1S/C22H21FN6O2S/c1-15-17(3-2-4-20(15)29(30)31)13-26-9-11-27(12-10-26)22-25-28-14-19(24-21(28)32-22)16-5-7-18(23)8-6-16/h2-8,14H,9-13H2,1H3. The van der Waals surface area contributed by atoms with Crippen LogP contribution in [0.2, 0.25) is 0 Å². The normalized spacial score (nSPS) is 14.9. The minimum atomic E-state index is -0.322. The van der Waals surface area contributed by atoms with E-state index >= 15 is 0 Å². The summed E-state index contributed by atoms with van der Waals surface area (Å²) in [4.78, 5) is 20.9. The molecule has 5 rings (SSSR count). The second kappa shape index (κ2) is 8.29. The Hall–Kier alpha value is -3.37. The number of nitro benzene ring substituents is 1. The number of fused-ring (bicyclic) bond motifs is 1. The number of anilines is 1. The van der Waals surface area contributed by atoms with Gasteiger partial charge in [0, 0.05) is 49.9 Å². The molecular formula is C22H21FN6O2S. The summed E-state index contributed by atoms with van der Waals surface area (Å²) in [6.07, 6.45) is 1.86. The monoisotopic (exact) mass is 452 g/mol. The Morgan fingerprint density at radius 1 is 1.12 bits per heavy atom. The van der Waals surface area contributed by atoms with Gasteiger partial charge in [-0.25, -0.2) is 13.9 Å². The second-order valence-electron chi connectivity index (χ2n) is 7.83. The molecule has 3 heterocycles. The van der Waals surface area contributed by atoms with Gasteiger partial charge in [0.15, 0.2) is 0 Å². The van der Waals surface area contributed by atoms with Gasteiger partial charge in [0.25, 0.3) is 5.69 Å². The van der Waals surface area contributed by atoms with Gasteiger partial charge in [-0.2, -0.15) is 0 Å². The van der Waals surface area contributed by atoms with Crippen molar-refractivity contribution in [1.29, 1.82) is 0 Å². The molecule has 0 spiro atoms. The fourth-order valence-corrected chi connectivity index (χ4v) is 4.89. The quantitative estimate of drug-likeness (QED) is 0.335. The average molecular weight is 453 g/mol. The second-order valence-corrected chi connectivity index (χ2v) is 8.76. The van der Waals surface area contributed by atoms with E-state index in [-0.39, 0.29) is 16.4 Å². The highest BCUT2D eigenvalue weighted by Crippen LogP contribution is 2.28. The summed E-state index contributed by atoms with van der Waals surface area (Å²) in [5, 5.41) is 16.8. The first kappa shape index (κ1) is 20.5. The lowest BCUT2D eigenvalue weighted by atomic mass is 10.1. The average Bonchev–Trinajstić information content (AvgIpc) is 3.36. The maximum Gasteiger partial charge on any atom is 0.272 e. The van der Waals surface area contributed by atoms with Crippen molar-refractivity contribution in [2.45, 2.75) is 13.5 Å². The number of hydrogen-bond donors (Lipinski definition) is 0. The molecule has 1 fully saturated rings. The van der Waals surface area contributed by atoms with Crippen molar-refractivity contribution in [1.82, 2.24) is 19.5 Å². The van der Waals surface area contributed by atoms with E-state index in [0.29, 0.717) is 6.54 Å². The van der Waals surface area contributed by atoms with Crippen molar-refractivity contribution in [3.63, 3.8) is 0 Å². The van der Waals surface area contributed by atoms with Gasteiger partial charge in [-0.3, -0.25) is 15.0 Å². The predicted octanol–water partition coefficient (Wildman–Crippen LogP) is 4.14. The lowest BCUT2D eigenvalue weighted by molar-refractivity contribution is -0.385. The predicted molar refractivity (Wildman–Crippen MR) is 122 cm³/mol. The fourth-order valence-electron chi connectivity index (χ4n) is 3.95. The Kier molecular flexibility index (Phi) is 5.32. The van der Waals surface area contributed by atoms with E-state index in [4.69, 9.17) is 0 Å². The zero-order chi connectivity index (χ0) is 22.2. The van der Waals surface area contributed by atoms with Gasteiger partial charge >= 0.3 is 0 Å². The van der Waals surface area contributed by atoms with Gasteiger partial charge in [0.05, 0.1) is 16.8 Å². The number of hydrogen-bond acceptors (Lipinski definition) is 7. The number of halogens is 1. The van der Waals surface area contributed by atoms with Crippen LogP contribution < -0.4 is 4.90 Å². The number of piperazine rings is 1. The van der Waals surface area contributed by atoms with E-state index in [9.17, 15) is 14.5 Å². The molecule has 8 nitrogen and oxygen atoms in total. The Morgan fingerprint density at radius 3 is 2.56 bits per heavy atom. The summed E-state index contributed by atoms with van der Waals surface area (Å²) in [5.74, 6) is -0.269. The molecule has 0 N–H and O–H groups in total. The van der Waals surface area contributed by atoms with E-state index in [1.165, 1.54) is 23.5 Å². The topological polar surface area (TPSA) is 79.8 Å². The van der Waals surface area contributed by atoms with Crippen LogP contribution in [0, 0.1) is 22.9 Å². The third kappa shape index (κ3) is 3.94. The largest absolute Gasteiger partial charge is 0.344 e. The van der Waals surface area contributed by atoms with Gasteiger partial charge in [0.2, 0.25) is 10.1 Å². The molecule has 164 valence electrons. The molecule has 2 aromatic carbocycles. The summed E-state index contributed by atoms with van der Waals surface area (Å²) >= 11 is 1.53. The Labute approximate surface area is 187 Å². The van der Waals surface area contributed by atoms with E-state index in [1.807, 2.05) is 19.2 Å². The molecule has 1 aliphatic heterocycles. The minimum Gasteiger partial charge on any atom is -0.344 e. The fraction of sp³-hybridized carbons (Fsp3) is 0.273. The van der Waals surface area contributed by atoms with Crippen LogP contribution >= 0.6 is 11.3 Å². The number of nitro groups is 1. The zero-order valence-electron chi connectivity index (χ0n) is 17.4. The number of imidazole rings is 1. The lowest BCUT2D eigenvalue weighted by Gasteiger charge is -2.34. The highest BCUT2D eigenvalue weighted by Gasteiger charge is 2.22. The number of aromatic nitrogens is 3. The number of nitrogens with zero attached hydrogens (tertiary/aromatic N) is 6. The van der Waals surface area contributed by atoms with Crippen LogP contribution in [0.25, 0.3) is 16.2 Å². The van der Waals surface area contributed by atoms with Crippen LogP contribution in [0.1, 0.15) is 11.1 Å². The van der Waals surface area contributed by atoms with Crippen LogP contribution in [0.5, 0.6) is 0 Å². The van der Waals surface area contributed by atoms with Crippen molar-refractivity contribution in [3.05, 3.63) is 75.7 Å². The highest BCUT2D eigenvalue weighted by molar-refractivity contribution is 7.20. The van der Waals surface area contributed by atoms with Gasteiger partial charge in [-0.1, -0.05) is 23.5 Å². The van der Waals surface area contributed by atoms with Crippen molar-refractivity contribution in [3.8, 4) is 11.3 Å². The number of benzene rings is 2. The van der Waals surface area contributed by atoms with E-state index in [2.05, 4.69) is 19.9 Å². The van der Waals surface area contributed by atoms with E-state index in [1.54, 1.807) is 28.8 Å². The molecule has 1 saturated heterocycles. The zero-order valence-corrected chi connectivity index (χ0v) is 18.3. The maximum absolute atomic E-state index is 13.2. The van der Waals surface area contributed by atoms with Crippen LogP contribution in [0.4, 0.5) is 15.2 Å².